The third kappa shape index (κ3) is 2.27. The van der Waals surface area contributed by atoms with E-state index < -0.39 is 0 Å². The summed E-state index contributed by atoms with van der Waals surface area (Å²) in [5, 5.41) is 3.44. The lowest BCUT2D eigenvalue weighted by atomic mass is 9.90. The van der Waals surface area contributed by atoms with Crippen molar-refractivity contribution < 1.29 is 0 Å². The molecule has 0 amide bonds. The Hall–Kier alpha value is -1.35. The smallest absolute Gasteiger partial charge is 0.144 e. The van der Waals surface area contributed by atoms with Crippen LogP contribution in [0.25, 0.3) is 0 Å². The molecule has 0 unspecified atom stereocenters. The van der Waals surface area contributed by atoms with Gasteiger partial charge >= 0.3 is 0 Å². The van der Waals surface area contributed by atoms with Crippen molar-refractivity contribution in [3.05, 3.63) is 52.1 Å². The third-order valence-electron chi connectivity index (χ3n) is 3.41. The Bertz CT molecular complexity index is 566. The number of halogens is 1. The number of nitrogens with zero attached hydrogens (tertiary/aromatic N) is 1. The van der Waals surface area contributed by atoms with Gasteiger partial charge in [0.05, 0.1) is 4.47 Å². The van der Waals surface area contributed by atoms with E-state index in [9.17, 15) is 0 Å². The summed E-state index contributed by atoms with van der Waals surface area (Å²) in [4.78, 5) is 4.36. The van der Waals surface area contributed by atoms with E-state index >= 15 is 0 Å². The van der Waals surface area contributed by atoms with Gasteiger partial charge in [-0.05, 0) is 70.9 Å². The van der Waals surface area contributed by atoms with Crippen molar-refractivity contribution in [2.75, 3.05) is 5.32 Å². The van der Waals surface area contributed by atoms with Crippen LogP contribution in [0.4, 0.5) is 11.5 Å². The molecule has 0 saturated heterocycles. The molecule has 1 aliphatic carbocycles. The highest BCUT2D eigenvalue weighted by molar-refractivity contribution is 9.10. The highest BCUT2D eigenvalue weighted by Gasteiger charge is 2.13. The molecule has 3 rings (SSSR count). The van der Waals surface area contributed by atoms with Crippen molar-refractivity contribution in [3.8, 4) is 0 Å². The highest BCUT2D eigenvalue weighted by atomic mass is 79.9. The van der Waals surface area contributed by atoms with Crippen LogP contribution in [0, 0.1) is 0 Å². The van der Waals surface area contributed by atoms with Gasteiger partial charge < -0.3 is 5.32 Å². The summed E-state index contributed by atoms with van der Waals surface area (Å²) in [6.07, 6.45) is 6.78. The summed E-state index contributed by atoms with van der Waals surface area (Å²) in [6, 6.07) is 10.4. The summed E-state index contributed by atoms with van der Waals surface area (Å²) in [5.41, 5.74) is 4.14. The van der Waals surface area contributed by atoms with Crippen molar-refractivity contribution in [2.45, 2.75) is 25.7 Å². The second-order valence-corrected chi connectivity index (χ2v) is 5.46. The van der Waals surface area contributed by atoms with E-state index in [1.807, 2.05) is 18.3 Å². The Labute approximate surface area is 116 Å². The van der Waals surface area contributed by atoms with E-state index in [-0.39, 0.29) is 0 Å². The van der Waals surface area contributed by atoms with Gasteiger partial charge in [0, 0.05) is 11.9 Å². The first-order valence-corrected chi connectivity index (χ1v) is 7.12. The van der Waals surface area contributed by atoms with Crippen molar-refractivity contribution in [1.29, 1.82) is 0 Å². The van der Waals surface area contributed by atoms with Gasteiger partial charge in [-0.1, -0.05) is 12.1 Å². The molecule has 0 aliphatic heterocycles. The normalized spacial score (nSPS) is 14.1. The minimum atomic E-state index is 0.886. The fraction of sp³-hybridized carbons (Fsp3) is 0.267. The van der Waals surface area contributed by atoms with E-state index in [1.165, 1.54) is 42.5 Å². The molecule has 0 radical (unpaired) electrons. The second-order valence-electron chi connectivity index (χ2n) is 4.61. The molecular formula is C15H15BrN2. The Morgan fingerprint density at radius 2 is 1.94 bits per heavy atom. The van der Waals surface area contributed by atoms with Gasteiger partial charge in [-0.15, -0.1) is 0 Å². The zero-order chi connectivity index (χ0) is 12.4. The molecule has 3 heteroatoms. The predicted molar refractivity (Wildman–Crippen MR) is 78.3 cm³/mol. The van der Waals surface area contributed by atoms with Crippen LogP contribution in [0.5, 0.6) is 0 Å². The summed E-state index contributed by atoms with van der Waals surface area (Å²) < 4.78 is 0.999. The van der Waals surface area contributed by atoms with Crippen LogP contribution < -0.4 is 5.32 Å². The summed E-state index contributed by atoms with van der Waals surface area (Å²) in [5.74, 6) is 0.886. The van der Waals surface area contributed by atoms with Crippen LogP contribution in [0.2, 0.25) is 0 Å². The maximum absolute atomic E-state index is 4.36. The lowest BCUT2D eigenvalue weighted by molar-refractivity contribution is 0.687. The number of rotatable bonds is 2. The Morgan fingerprint density at radius 1 is 1.06 bits per heavy atom. The lowest BCUT2D eigenvalue weighted by Gasteiger charge is -2.20. The number of aryl methyl sites for hydroxylation is 1. The molecule has 1 aromatic heterocycles. The number of pyridine rings is 1. The predicted octanol–water partition coefficient (Wildman–Crippen LogP) is 4.47. The van der Waals surface area contributed by atoms with Crippen LogP contribution in [-0.2, 0) is 12.8 Å². The fourth-order valence-corrected chi connectivity index (χ4v) is 2.86. The molecule has 1 N–H and O–H groups in total. The first kappa shape index (κ1) is 11.7. The summed E-state index contributed by atoms with van der Waals surface area (Å²) >= 11 is 3.52. The monoisotopic (exact) mass is 302 g/mol. The van der Waals surface area contributed by atoms with Gasteiger partial charge in [0.2, 0.25) is 0 Å². The zero-order valence-corrected chi connectivity index (χ0v) is 11.7. The SMILES string of the molecule is Brc1cccnc1Nc1cccc2c1CCCC2. The minimum absolute atomic E-state index is 0.886. The van der Waals surface area contributed by atoms with Gasteiger partial charge in [0.15, 0.2) is 0 Å². The molecule has 0 saturated carbocycles. The summed E-state index contributed by atoms with van der Waals surface area (Å²) in [6.45, 7) is 0. The molecule has 92 valence electrons. The second kappa shape index (κ2) is 5.11. The van der Waals surface area contributed by atoms with E-state index in [0.29, 0.717) is 0 Å². The van der Waals surface area contributed by atoms with Crippen molar-refractivity contribution >= 4 is 27.4 Å². The maximum atomic E-state index is 4.36. The highest BCUT2D eigenvalue weighted by Crippen LogP contribution is 2.31. The molecule has 0 bridgehead atoms. The van der Waals surface area contributed by atoms with E-state index in [1.54, 1.807) is 0 Å². The average molecular weight is 303 g/mol. The number of hydrogen-bond acceptors (Lipinski definition) is 2. The van der Waals surface area contributed by atoms with Crippen molar-refractivity contribution in [3.63, 3.8) is 0 Å². The van der Waals surface area contributed by atoms with Crippen LogP contribution in [0.3, 0.4) is 0 Å². The largest absolute Gasteiger partial charge is 0.339 e. The van der Waals surface area contributed by atoms with E-state index in [0.717, 1.165) is 10.3 Å². The summed E-state index contributed by atoms with van der Waals surface area (Å²) in [7, 11) is 0. The molecule has 0 spiro atoms. The quantitative estimate of drug-likeness (QED) is 0.885. The molecule has 0 fully saturated rings. The van der Waals surface area contributed by atoms with Crippen LogP contribution >= 0.6 is 15.9 Å². The zero-order valence-electron chi connectivity index (χ0n) is 10.1. The molecule has 1 aromatic carbocycles. The minimum Gasteiger partial charge on any atom is -0.339 e. The topological polar surface area (TPSA) is 24.9 Å². The van der Waals surface area contributed by atoms with Gasteiger partial charge in [-0.2, -0.15) is 0 Å². The average Bonchev–Trinajstić information content (AvgIpc) is 2.42. The number of aromatic nitrogens is 1. The molecule has 0 atom stereocenters. The Morgan fingerprint density at radius 3 is 2.83 bits per heavy atom. The van der Waals surface area contributed by atoms with Crippen molar-refractivity contribution in [2.24, 2.45) is 0 Å². The number of hydrogen-bond donors (Lipinski definition) is 1. The molecule has 18 heavy (non-hydrogen) atoms. The first-order chi connectivity index (χ1) is 8.84. The molecule has 2 aromatic rings. The fourth-order valence-electron chi connectivity index (χ4n) is 2.50. The van der Waals surface area contributed by atoms with E-state index in [2.05, 4.69) is 44.4 Å². The van der Waals surface area contributed by atoms with Crippen LogP contribution in [-0.4, -0.2) is 4.98 Å². The molecule has 2 nitrogen and oxygen atoms in total. The maximum Gasteiger partial charge on any atom is 0.144 e. The standard InChI is InChI=1S/C15H15BrN2/c16-13-8-4-10-17-15(13)18-14-9-3-6-11-5-1-2-7-12(11)14/h3-4,6,8-10H,1-2,5,7H2,(H,17,18). The number of benzene rings is 1. The first-order valence-electron chi connectivity index (χ1n) is 6.33. The Balaban J connectivity index is 1.96. The third-order valence-corrected chi connectivity index (χ3v) is 4.05. The van der Waals surface area contributed by atoms with Gasteiger partial charge in [-0.3, -0.25) is 0 Å². The van der Waals surface area contributed by atoms with Gasteiger partial charge in [0.25, 0.3) is 0 Å². The van der Waals surface area contributed by atoms with Gasteiger partial charge in [0.1, 0.15) is 5.82 Å². The van der Waals surface area contributed by atoms with Crippen LogP contribution in [0.1, 0.15) is 24.0 Å². The van der Waals surface area contributed by atoms with E-state index in [4.69, 9.17) is 0 Å². The number of anilines is 2. The van der Waals surface area contributed by atoms with Crippen LogP contribution in [0.15, 0.2) is 41.0 Å². The number of nitrogens with one attached hydrogen (secondary N) is 1. The lowest BCUT2D eigenvalue weighted by Crippen LogP contribution is -2.06. The van der Waals surface area contributed by atoms with Gasteiger partial charge in [-0.25, -0.2) is 4.98 Å². The van der Waals surface area contributed by atoms with Crippen molar-refractivity contribution in [1.82, 2.24) is 4.98 Å². The Kier molecular flexibility index (Phi) is 3.33. The molecule has 1 heterocycles. The molecule has 1 aliphatic rings. The number of fused-ring (bicyclic) bond motifs is 1. The molecular weight excluding hydrogens is 288 g/mol.